The second-order valence-corrected chi connectivity index (χ2v) is 6.37. The Morgan fingerprint density at radius 1 is 1.67 bits per heavy atom. The summed E-state index contributed by atoms with van der Waals surface area (Å²) >= 11 is 5.83. The van der Waals surface area contributed by atoms with Crippen LogP contribution in [0, 0.1) is 5.41 Å². The van der Waals surface area contributed by atoms with E-state index in [4.69, 9.17) is 5.73 Å². The summed E-state index contributed by atoms with van der Waals surface area (Å²) in [5.74, 6) is 0.878. The maximum Gasteiger partial charge on any atom is 0.0529 e. The van der Waals surface area contributed by atoms with Crippen LogP contribution in [0.25, 0.3) is 0 Å². The monoisotopic (exact) mass is 242 g/mol. The molecule has 0 atom stereocenters. The Hall–Kier alpha value is -0.350. The van der Waals surface area contributed by atoms with Gasteiger partial charge in [0.1, 0.15) is 0 Å². The summed E-state index contributed by atoms with van der Waals surface area (Å²) in [7, 11) is 0. The lowest BCUT2D eigenvalue weighted by molar-refractivity contribution is 0.498. The van der Waals surface area contributed by atoms with Gasteiger partial charge in [-0.15, -0.1) is 24.4 Å². The minimum absolute atomic E-state index is 0.226. The number of hydrogen-bond donors (Lipinski definition) is 2. The average Bonchev–Trinajstić information content (AvgIpc) is 2.61. The van der Waals surface area contributed by atoms with E-state index < -0.39 is 0 Å². The van der Waals surface area contributed by atoms with E-state index >= 15 is 0 Å². The van der Waals surface area contributed by atoms with Crippen LogP contribution in [-0.4, -0.2) is 11.5 Å². The van der Waals surface area contributed by atoms with Gasteiger partial charge in [0.15, 0.2) is 0 Å². The van der Waals surface area contributed by atoms with Crippen LogP contribution in [0.1, 0.15) is 27.2 Å². The van der Waals surface area contributed by atoms with Gasteiger partial charge in [-0.1, -0.05) is 20.8 Å². The van der Waals surface area contributed by atoms with E-state index in [0.717, 1.165) is 16.4 Å². The molecule has 0 saturated carbocycles. The molecule has 0 amide bonds. The highest BCUT2D eigenvalue weighted by Gasteiger charge is 2.21. The maximum atomic E-state index is 5.34. The van der Waals surface area contributed by atoms with Crippen molar-refractivity contribution in [3.05, 3.63) is 22.2 Å². The van der Waals surface area contributed by atoms with Crippen molar-refractivity contribution in [2.24, 2.45) is 16.1 Å². The first-order valence-electron chi connectivity index (χ1n) is 4.92. The average molecular weight is 242 g/mol. The third-order valence-electron chi connectivity index (χ3n) is 2.29. The van der Waals surface area contributed by atoms with Crippen LogP contribution in [-0.2, 0) is 0 Å². The molecule has 0 bridgehead atoms. The van der Waals surface area contributed by atoms with Crippen molar-refractivity contribution in [3.8, 4) is 0 Å². The van der Waals surface area contributed by atoms with Crippen molar-refractivity contribution in [1.29, 1.82) is 0 Å². The van der Waals surface area contributed by atoms with E-state index in [1.165, 1.54) is 17.5 Å². The van der Waals surface area contributed by atoms with Crippen LogP contribution in [0.4, 0.5) is 0 Å². The Morgan fingerprint density at radius 2 is 2.33 bits per heavy atom. The summed E-state index contributed by atoms with van der Waals surface area (Å²) in [6, 6.07) is 0. The number of thioether (sulfide) groups is 1. The van der Waals surface area contributed by atoms with Crippen molar-refractivity contribution in [1.82, 2.24) is 0 Å². The Kier molecular flexibility index (Phi) is 4.34. The van der Waals surface area contributed by atoms with E-state index in [9.17, 15) is 0 Å². The largest absolute Gasteiger partial charge is 0.403 e. The molecule has 0 radical (unpaired) electrons. The summed E-state index contributed by atoms with van der Waals surface area (Å²) in [5, 5.41) is 0. The molecule has 1 aliphatic rings. The van der Waals surface area contributed by atoms with Crippen LogP contribution < -0.4 is 5.73 Å². The third kappa shape index (κ3) is 3.95. The molecule has 0 aliphatic carbocycles. The van der Waals surface area contributed by atoms with E-state index in [0.29, 0.717) is 0 Å². The number of aliphatic imine (C=N–C) groups is 1. The van der Waals surface area contributed by atoms with Crippen LogP contribution in [0.3, 0.4) is 0 Å². The minimum atomic E-state index is 0.226. The number of nitrogens with zero attached hydrogens (tertiary/aromatic N) is 1. The molecule has 1 heterocycles. The molecule has 0 spiro atoms. The van der Waals surface area contributed by atoms with Gasteiger partial charge in [-0.3, -0.25) is 4.99 Å². The Balaban J connectivity index is 2.41. The molecule has 1 rings (SSSR count). The lowest BCUT2D eigenvalue weighted by atomic mass is 9.85. The Morgan fingerprint density at radius 3 is 2.80 bits per heavy atom. The Bertz CT molecular complexity index is 322. The second kappa shape index (κ2) is 5.12. The highest BCUT2D eigenvalue weighted by molar-refractivity contribution is 8.15. The zero-order valence-electron chi connectivity index (χ0n) is 9.45. The van der Waals surface area contributed by atoms with Crippen molar-refractivity contribution in [2.75, 3.05) is 5.75 Å². The Labute approximate surface area is 102 Å². The topological polar surface area (TPSA) is 38.4 Å². The number of rotatable bonds is 3. The maximum absolute atomic E-state index is 5.34. The molecule has 0 aromatic carbocycles. The second-order valence-electron chi connectivity index (χ2n) is 4.57. The zero-order valence-corrected chi connectivity index (χ0v) is 11.2. The summed E-state index contributed by atoms with van der Waals surface area (Å²) in [5.41, 5.74) is 8.17. The summed E-state index contributed by atoms with van der Waals surface area (Å²) in [6.45, 7) is 6.65. The van der Waals surface area contributed by atoms with Gasteiger partial charge in [-0.2, -0.15) is 0 Å². The first kappa shape index (κ1) is 12.7. The fraction of sp³-hybridized carbons (Fsp3) is 0.545. The minimum Gasteiger partial charge on any atom is -0.403 e. The standard InChI is InChI=1S/C11H18N2S2/c1-11(2,3)8-4-9(13-6-8)7-15-10(14)5-12/h5-6,14H,4,7,12H2,1-3H3/b10-5+. The van der Waals surface area contributed by atoms with Crippen molar-refractivity contribution >= 4 is 30.1 Å². The molecule has 84 valence electrons. The molecule has 0 aromatic heterocycles. The van der Waals surface area contributed by atoms with Gasteiger partial charge in [-0.25, -0.2) is 0 Å². The smallest absolute Gasteiger partial charge is 0.0529 e. The predicted octanol–water partition coefficient (Wildman–Crippen LogP) is 3.18. The number of allylic oxidation sites excluding steroid dienone is 1. The lowest BCUT2D eigenvalue weighted by Gasteiger charge is -2.19. The fourth-order valence-electron chi connectivity index (χ4n) is 1.23. The van der Waals surface area contributed by atoms with Crippen molar-refractivity contribution < 1.29 is 0 Å². The number of hydrogen-bond acceptors (Lipinski definition) is 4. The summed E-state index contributed by atoms with van der Waals surface area (Å²) < 4.78 is 0.849. The van der Waals surface area contributed by atoms with E-state index in [1.54, 1.807) is 11.8 Å². The van der Waals surface area contributed by atoms with E-state index in [1.807, 2.05) is 6.20 Å². The molecule has 0 saturated heterocycles. The van der Waals surface area contributed by atoms with Gasteiger partial charge >= 0.3 is 0 Å². The quantitative estimate of drug-likeness (QED) is 0.746. The molecule has 0 aromatic rings. The van der Waals surface area contributed by atoms with E-state index in [2.05, 4.69) is 38.4 Å². The van der Waals surface area contributed by atoms with E-state index in [-0.39, 0.29) is 5.41 Å². The van der Waals surface area contributed by atoms with Crippen molar-refractivity contribution in [2.45, 2.75) is 27.2 Å². The highest BCUT2D eigenvalue weighted by atomic mass is 32.2. The third-order valence-corrected chi connectivity index (χ3v) is 3.74. The van der Waals surface area contributed by atoms with Crippen molar-refractivity contribution in [3.63, 3.8) is 0 Å². The molecule has 0 unspecified atom stereocenters. The SMILES string of the molecule is CC(C)(C)C1=CN=C(CS/C(S)=C/N)C1. The van der Waals surface area contributed by atoms with Crippen LogP contribution in [0.15, 0.2) is 27.2 Å². The molecule has 15 heavy (non-hydrogen) atoms. The first-order chi connectivity index (χ1) is 6.93. The van der Waals surface area contributed by atoms with Gasteiger partial charge in [0.05, 0.1) is 4.24 Å². The van der Waals surface area contributed by atoms with Gasteiger partial charge in [0.2, 0.25) is 0 Å². The molecule has 1 aliphatic heterocycles. The molecular formula is C11H18N2S2. The fourth-order valence-corrected chi connectivity index (χ4v) is 2.01. The summed E-state index contributed by atoms with van der Waals surface area (Å²) in [6.07, 6.45) is 4.50. The van der Waals surface area contributed by atoms with Gasteiger partial charge in [0.25, 0.3) is 0 Å². The van der Waals surface area contributed by atoms with Gasteiger partial charge in [-0.05, 0) is 11.0 Å². The molecule has 2 nitrogen and oxygen atoms in total. The molecule has 0 fully saturated rings. The van der Waals surface area contributed by atoms with Crippen LogP contribution >= 0.6 is 24.4 Å². The zero-order chi connectivity index (χ0) is 11.5. The lowest BCUT2D eigenvalue weighted by Crippen LogP contribution is -2.11. The molecule has 4 heteroatoms. The van der Waals surface area contributed by atoms with Gasteiger partial charge in [0, 0.05) is 30.3 Å². The normalized spacial score (nSPS) is 17.7. The molecule has 2 N–H and O–H groups in total. The van der Waals surface area contributed by atoms with Crippen LogP contribution in [0.5, 0.6) is 0 Å². The van der Waals surface area contributed by atoms with Crippen LogP contribution in [0.2, 0.25) is 0 Å². The molecular weight excluding hydrogens is 224 g/mol. The summed E-state index contributed by atoms with van der Waals surface area (Å²) in [4.78, 5) is 4.42. The van der Waals surface area contributed by atoms with Gasteiger partial charge < -0.3 is 5.73 Å². The highest BCUT2D eigenvalue weighted by Crippen LogP contribution is 2.32. The number of thiol groups is 1. The number of nitrogens with two attached hydrogens (primary N) is 1. The first-order valence-corrected chi connectivity index (χ1v) is 6.35. The predicted molar refractivity (Wildman–Crippen MR) is 73.3 cm³/mol.